The van der Waals surface area contributed by atoms with Crippen molar-refractivity contribution in [1.82, 2.24) is 4.90 Å². The van der Waals surface area contributed by atoms with Crippen LogP contribution in [-0.2, 0) is 11.2 Å². The smallest absolute Gasteiger partial charge is 0.222 e. The number of carbonyl (C=O) groups is 1. The summed E-state index contributed by atoms with van der Waals surface area (Å²) in [5.74, 6) is 0.230. The monoisotopic (exact) mass is 275 g/mol. The molecular weight excluding hydrogens is 254 g/mol. The van der Waals surface area contributed by atoms with Crippen molar-refractivity contribution < 1.29 is 4.79 Å². The molecule has 0 aliphatic heterocycles. The average molecular weight is 275 g/mol. The van der Waals surface area contributed by atoms with Crippen LogP contribution >= 0.6 is 11.3 Å². The summed E-state index contributed by atoms with van der Waals surface area (Å²) in [4.78, 5) is 14.6. The Hall–Kier alpha value is -1.35. The van der Waals surface area contributed by atoms with Gasteiger partial charge in [-0.1, -0.05) is 18.2 Å². The van der Waals surface area contributed by atoms with Crippen molar-refractivity contribution in [3.05, 3.63) is 34.7 Å². The van der Waals surface area contributed by atoms with Crippen molar-refractivity contribution in [2.24, 2.45) is 0 Å². The Morgan fingerprint density at radius 2 is 1.95 bits per heavy atom. The molecule has 0 aliphatic rings. The topological polar surface area (TPSA) is 20.3 Å². The summed E-state index contributed by atoms with van der Waals surface area (Å²) in [5, 5.41) is 1.38. The van der Waals surface area contributed by atoms with Crippen molar-refractivity contribution in [3.8, 4) is 0 Å². The largest absolute Gasteiger partial charge is 0.349 e. The van der Waals surface area contributed by atoms with E-state index in [0.717, 1.165) is 19.3 Å². The Balaban J connectivity index is 1.92. The summed E-state index contributed by atoms with van der Waals surface area (Å²) in [5.41, 5.74) is 1.42. The molecule has 3 heteroatoms. The Labute approximate surface area is 119 Å². The second-order valence-corrected chi connectivity index (χ2v) is 6.28. The minimum Gasteiger partial charge on any atom is -0.349 e. The fourth-order valence-electron chi connectivity index (χ4n) is 2.25. The molecule has 1 aromatic heterocycles. The van der Waals surface area contributed by atoms with E-state index in [1.54, 1.807) is 4.90 Å². The second kappa shape index (κ2) is 6.20. The van der Waals surface area contributed by atoms with Crippen LogP contribution in [0.1, 0.15) is 29.7 Å². The third kappa shape index (κ3) is 3.35. The number of hydrogen-bond acceptors (Lipinski definition) is 2. The highest BCUT2D eigenvalue weighted by atomic mass is 32.1. The lowest BCUT2D eigenvalue weighted by atomic mass is 10.1. The molecular formula is C16H21NOS. The van der Waals surface area contributed by atoms with Crippen molar-refractivity contribution in [2.45, 2.75) is 32.6 Å². The molecule has 19 heavy (non-hydrogen) atoms. The Kier molecular flexibility index (Phi) is 4.59. The van der Waals surface area contributed by atoms with Gasteiger partial charge in [0.05, 0.1) is 0 Å². The van der Waals surface area contributed by atoms with Crippen LogP contribution in [-0.4, -0.2) is 24.9 Å². The number of nitrogens with zero attached hydrogens (tertiary/aromatic N) is 1. The van der Waals surface area contributed by atoms with E-state index in [2.05, 4.69) is 31.2 Å². The van der Waals surface area contributed by atoms with E-state index in [1.807, 2.05) is 25.4 Å². The van der Waals surface area contributed by atoms with Gasteiger partial charge in [-0.3, -0.25) is 4.79 Å². The van der Waals surface area contributed by atoms with E-state index in [0.29, 0.717) is 6.42 Å². The number of fused-ring (bicyclic) bond motifs is 1. The standard InChI is InChI=1S/C16H21NOS/c1-12-13-8-4-5-10-15(13)19-14(12)9-6-7-11-16(18)17(2)3/h4-5,8,10H,6-7,9,11H2,1-3H3. The van der Waals surface area contributed by atoms with E-state index in [-0.39, 0.29) is 5.91 Å². The van der Waals surface area contributed by atoms with E-state index in [4.69, 9.17) is 0 Å². The van der Waals surface area contributed by atoms with Crippen LogP contribution in [0, 0.1) is 6.92 Å². The third-order valence-electron chi connectivity index (χ3n) is 3.49. The Bertz CT molecular complexity index is 571. The highest BCUT2D eigenvalue weighted by Gasteiger charge is 2.08. The molecule has 0 bridgehead atoms. The molecule has 1 amide bonds. The molecule has 2 nitrogen and oxygen atoms in total. The maximum atomic E-state index is 11.5. The highest BCUT2D eigenvalue weighted by molar-refractivity contribution is 7.19. The molecule has 102 valence electrons. The second-order valence-electron chi connectivity index (χ2n) is 5.14. The summed E-state index contributed by atoms with van der Waals surface area (Å²) in [6.07, 6.45) is 3.82. The van der Waals surface area contributed by atoms with Crippen molar-refractivity contribution in [1.29, 1.82) is 0 Å². The van der Waals surface area contributed by atoms with Crippen LogP contribution in [0.2, 0.25) is 0 Å². The quantitative estimate of drug-likeness (QED) is 0.755. The number of hydrogen-bond donors (Lipinski definition) is 0. The molecule has 0 saturated heterocycles. The highest BCUT2D eigenvalue weighted by Crippen LogP contribution is 2.31. The molecule has 0 fully saturated rings. The van der Waals surface area contributed by atoms with Gasteiger partial charge in [0, 0.05) is 30.1 Å². The van der Waals surface area contributed by atoms with Crippen LogP contribution in [0.4, 0.5) is 0 Å². The lowest BCUT2D eigenvalue weighted by molar-refractivity contribution is -0.128. The van der Waals surface area contributed by atoms with Gasteiger partial charge in [0.2, 0.25) is 5.91 Å². The van der Waals surface area contributed by atoms with Crippen molar-refractivity contribution in [3.63, 3.8) is 0 Å². The third-order valence-corrected chi connectivity index (χ3v) is 4.82. The summed E-state index contributed by atoms with van der Waals surface area (Å²) in [7, 11) is 3.64. The summed E-state index contributed by atoms with van der Waals surface area (Å²) >= 11 is 1.89. The van der Waals surface area contributed by atoms with E-state index >= 15 is 0 Å². The number of unbranched alkanes of at least 4 members (excludes halogenated alkanes) is 1. The first-order valence-corrected chi connectivity index (χ1v) is 7.58. The zero-order chi connectivity index (χ0) is 13.8. The van der Waals surface area contributed by atoms with E-state index in [1.165, 1.54) is 20.5 Å². The lowest BCUT2D eigenvalue weighted by Gasteiger charge is -2.09. The number of carbonyl (C=O) groups excluding carboxylic acids is 1. The molecule has 0 spiro atoms. The molecule has 0 atom stereocenters. The Morgan fingerprint density at radius 1 is 1.21 bits per heavy atom. The van der Waals surface area contributed by atoms with Crippen LogP contribution in [0.15, 0.2) is 24.3 Å². The van der Waals surface area contributed by atoms with E-state index < -0.39 is 0 Å². The first-order valence-electron chi connectivity index (χ1n) is 6.76. The summed E-state index contributed by atoms with van der Waals surface area (Å²) < 4.78 is 1.37. The van der Waals surface area contributed by atoms with Gasteiger partial charge in [0.1, 0.15) is 0 Å². The fourth-order valence-corrected chi connectivity index (χ4v) is 3.50. The summed E-state index contributed by atoms with van der Waals surface area (Å²) in [6, 6.07) is 8.58. The van der Waals surface area contributed by atoms with Crippen LogP contribution < -0.4 is 0 Å². The fraction of sp³-hybridized carbons (Fsp3) is 0.438. The van der Waals surface area contributed by atoms with Gasteiger partial charge in [-0.2, -0.15) is 0 Å². The average Bonchev–Trinajstić information content (AvgIpc) is 2.72. The molecule has 0 saturated carbocycles. The minimum atomic E-state index is 0.230. The normalized spacial score (nSPS) is 10.9. The maximum absolute atomic E-state index is 11.5. The molecule has 0 aliphatic carbocycles. The number of amides is 1. The lowest BCUT2D eigenvalue weighted by Crippen LogP contribution is -2.21. The maximum Gasteiger partial charge on any atom is 0.222 e. The first-order chi connectivity index (χ1) is 9.09. The number of rotatable bonds is 5. The molecule has 2 rings (SSSR count). The molecule has 1 aromatic carbocycles. The minimum absolute atomic E-state index is 0.230. The SMILES string of the molecule is Cc1c(CCCCC(=O)N(C)C)sc2ccccc12. The first kappa shape index (κ1) is 14.1. The molecule has 2 aromatic rings. The van der Waals surface area contributed by atoms with Crippen molar-refractivity contribution in [2.75, 3.05) is 14.1 Å². The molecule has 0 unspecified atom stereocenters. The number of benzene rings is 1. The van der Waals surface area contributed by atoms with Crippen molar-refractivity contribution >= 4 is 27.3 Å². The van der Waals surface area contributed by atoms with Gasteiger partial charge in [0.25, 0.3) is 0 Å². The summed E-state index contributed by atoms with van der Waals surface area (Å²) in [6.45, 7) is 2.21. The van der Waals surface area contributed by atoms with E-state index in [9.17, 15) is 4.79 Å². The van der Waals surface area contributed by atoms with Crippen LogP contribution in [0.25, 0.3) is 10.1 Å². The number of aryl methyl sites for hydroxylation is 2. The van der Waals surface area contributed by atoms with Crippen LogP contribution in [0.3, 0.4) is 0 Å². The number of thiophene rings is 1. The van der Waals surface area contributed by atoms with Gasteiger partial charge in [-0.15, -0.1) is 11.3 Å². The Morgan fingerprint density at radius 3 is 2.63 bits per heavy atom. The molecule has 0 N–H and O–H groups in total. The van der Waals surface area contributed by atoms with Gasteiger partial charge in [-0.05, 0) is 43.2 Å². The molecule has 1 heterocycles. The zero-order valence-corrected chi connectivity index (χ0v) is 12.7. The zero-order valence-electron chi connectivity index (χ0n) is 11.9. The predicted molar refractivity (Wildman–Crippen MR) is 82.8 cm³/mol. The molecule has 0 radical (unpaired) electrons. The van der Waals surface area contributed by atoms with Gasteiger partial charge in [-0.25, -0.2) is 0 Å². The predicted octanol–water partition coefficient (Wildman–Crippen LogP) is 4.01. The van der Waals surface area contributed by atoms with Crippen LogP contribution in [0.5, 0.6) is 0 Å². The van der Waals surface area contributed by atoms with Gasteiger partial charge < -0.3 is 4.90 Å². The van der Waals surface area contributed by atoms with Gasteiger partial charge in [0.15, 0.2) is 0 Å². The van der Waals surface area contributed by atoms with Gasteiger partial charge >= 0.3 is 0 Å².